The second kappa shape index (κ2) is 13.8. The number of methoxy groups -OCH3 is 1. The van der Waals surface area contributed by atoms with Crippen molar-refractivity contribution in [3.8, 4) is 23.1 Å². The maximum atomic E-state index is 15.3. The van der Waals surface area contributed by atoms with E-state index in [2.05, 4.69) is 32.2 Å². The van der Waals surface area contributed by atoms with Crippen molar-refractivity contribution in [2.24, 2.45) is 0 Å². The number of anilines is 3. The van der Waals surface area contributed by atoms with E-state index in [1.165, 1.54) is 18.5 Å². The van der Waals surface area contributed by atoms with Gasteiger partial charge in [0.05, 0.1) is 37.2 Å². The van der Waals surface area contributed by atoms with Gasteiger partial charge in [0.2, 0.25) is 11.8 Å². The molecular formula is C33H35FN6O5. The highest BCUT2D eigenvalue weighted by Crippen LogP contribution is 2.35. The molecule has 2 aromatic heterocycles. The molecule has 1 amide bonds. The minimum absolute atomic E-state index is 0.0442. The maximum Gasteiger partial charge on any atom is 0.245 e. The lowest BCUT2D eigenvalue weighted by Crippen LogP contribution is -2.41. The minimum Gasteiger partial charge on any atom is -0.495 e. The summed E-state index contributed by atoms with van der Waals surface area (Å²) >= 11 is 0. The quantitative estimate of drug-likeness (QED) is 0.210. The van der Waals surface area contributed by atoms with Crippen LogP contribution in [0.2, 0.25) is 0 Å². The molecular weight excluding hydrogens is 579 g/mol. The minimum atomic E-state index is -0.514. The molecule has 6 rings (SSSR count). The molecule has 12 heteroatoms. The fraction of sp³-hybridized carbons (Fsp3) is 0.333. The lowest BCUT2D eigenvalue weighted by atomic mass is 10.0. The topological polar surface area (TPSA) is 120 Å². The van der Waals surface area contributed by atoms with Crippen LogP contribution in [0, 0.1) is 5.82 Å². The smallest absolute Gasteiger partial charge is 0.245 e. The van der Waals surface area contributed by atoms with Crippen LogP contribution in [-0.4, -0.2) is 71.3 Å². The van der Waals surface area contributed by atoms with E-state index in [1.807, 2.05) is 12.1 Å². The van der Waals surface area contributed by atoms with Crippen LogP contribution in [0.1, 0.15) is 25.7 Å². The Morgan fingerprint density at radius 3 is 2.58 bits per heavy atom. The lowest BCUT2D eigenvalue weighted by molar-refractivity contribution is -0.126. The van der Waals surface area contributed by atoms with Crippen molar-refractivity contribution in [1.82, 2.24) is 19.9 Å². The first kappa shape index (κ1) is 30.1. The number of nitrogens with one attached hydrogen (secondary N) is 2. The Balaban J connectivity index is 1.16. The van der Waals surface area contributed by atoms with Crippen molar-refractivity contribution < 1.29 is 28.1 Å². The average molecular weight is 615 g/mol. The Bertz CT molecular complexity index is 1670. The van der Waals surface area contributed by atoms with E-state index in [1.54, 1.807) is 42.5 Å². The van der Waals surface area contributed by atoms with E-state index in [0.717, 1.165) is 31.4 Å². The highest BCUT2D eigenvalue weighted by molar-refractivity contribution is 5.95. The van der Waals surface area contributed by atoms with Gasteiger partial charge in [0, 0.05) is 61.8 Å². The van der Waals surface area contributed by atoms with Gasteiger partial charge < -0.3 is 34.5 Å². The van der Waals surface area contributed by atoms with E-state index in [-0.39, 0.29) is 23.7 Å². The fourth-order valence-electron chi connectivity index (χ4n) is 5.47. The second-order valence-corrected chi connectivity index (χ2v) is 10.9. The first-order valence-electron chi connectivity index (χ1n) is 14.9. The van der Waals surface area contributed by atoms with Crippen LogP contribution in [0.4, 0.5) is 21.6 Å². The van der Waals surface area contributed by atoms with Crippen LogP contribution in [0.15, 0.2) is 67.6 Å². The second-order valence-electron chi connectivity index (χ2n) is 10.9. The number of hydrogen-bond acceptors (Lipinski definition) is 10. The number of carbonyl (C=O) groups excluding carboxylic acids is 1. The summed E-state index contributed by atoms with van der Waals surface area (Å²) in [6.07, 6.45) is 7.57. The highest BCUT2D eigenvalue weighted by atomic mass is 19.1. The number of likely N-dealkylation sites (tertiary alicyclic amines) is 1. The van der Waals surface area contributed by atoms with Gasteiger partial charge in [-0.2, -0.15) is 0 Å². The summed E-state index contributed by atoms with van der Waals surface area (Å²) in [4.78, 5) is 26.8. The normalized spacial score (nSPS) is 15.8. The number of rotatable bonds is 10. The third-order valence-corrected chi connectivity index (χ3v) is 7.89. The number of ether oxygens (including phenoxy) is 4. The van der Waals surface area contributed by atoms with Crippen LogP contribution in [-0.2, 0) is 9.53 Å². The Hall–Kier alpha value is -4.97. The molecule has 2 aromatic carbocycles. The van der Waals surface area contributed by atoms with Crippen LogP contribution >= 0.6 is 0 Å². The van der Waals surface area contributed by atoms with Gasteiger partial charge in [0.25, 0.3) is 0 Å². The number of amides is 1. The third-order valence-electron chi connectivity index (χ3n) is 7.89. The van der Waals surface area contributed by atoms with Gasteiger partial charge in [-0.25, -0.2) is 19.3 Å². The molecule has 2 N–H and O–H groups in total. The highest BCUT2D eigenvalue weighted by Gasteiger charge is 2.23. The molecule has 2 aliphatic heterocycles. The molecule has 2 saturated heterocycles. The molecule has 4 aromatic rings. The molecule has 2 aliphatic rings. The Morgan fingerprint density at radius 1 is 1.02 bits per heavy atom. The Labute approximate surface area is 260 Å². The number of nitrogens with zero attached hydrogens (tertiary/aromatic N) is 4. The SMILES string of the molecule is C=CC(=O)N1CCC(Nc2cc3c(Nc4ccc(Oc5ccnc(OC6CCOCC6)c5)cc4F)ncnc3cc2OC)CC1. The zero-order valence-electron chi connectivity index (χ0n) is 25.0. The molecule has 234 valence electrons. The molecule has 2 fully saturated rings. The summed E-state index contributed by atoms with van der Waals surface area (Å²) in [5.74, 6) is 1.76. The fourth-order valence-corrected chi connectivity index (χ4v) is 5.47. The molecule has 11 nitrogen and oxygen atoms in total. The number of piperidine rings is 1. The maximum absolute atomic E-state index is 15.3. The molecule has 4 heterocycles. The molecule has 0 bridgehead atoms. The van der Waals surface area contributed by atoms with Crippen molar-refractivity contribution in [3.05, 3.63) is 73.5 Å². The van der Waals surface area contributed by atoms with Crippen molar-refractivity contribution >= 4 is 34.0 Å². The number of benzene rings is 2. The summed E-state index contributed by atoms with van der Waals surface area (Å²) < 4.78 is 38.3. The average Bonchev–Trinajstić information content (AvgIpc) is 3.06. The van der Waals surface area contributed by atoms with Gasteiger partial charge in [-0.15, -0.1) is 0 Å². The molecule has 0 radical (unpaired) electrons. The van der Waals surface area contributed by atoms with Crippen LogP contribution in [0.25, 0.3) is 10.9 Å². The van der Waals surface area contributed by atoms with Crippen LogP contribution in [0.3, 0.4) is 0 Å². The summed E-state index contributed by atoms with van der Waals surface area (Å²) in [5.41, 5.74) is 1.63. The molecule has 0 spiro atoms. The van der Waals surface area contributed by atoms with Gasteiger partial charge in [0.15, 0.2) is 0 Å². The van der Waals surface area contributed by atoms with Crippen molar-refractivity contribution in [2.75, 3.05) is 44.0 Å². The zero-order valence-corrected chi connectivity index (χ0v) is 25.0. The van der Waals surface area contributed by atoms with Crippen molar-refractivity contribution in [2.45, 2.75) is 37.8 Å². The molecule has 0 saturated carbocycles. The number of carbonyl (C=O) groups is 1. The van der Waals surface area contributed by atoms with E-state index >= 15 is 4.39 Å². The predicted octanol–water partition coefficient (Wildman–Crippen LogP) is 5.86. The summed E-state index contributed by atoms with van der Waals surface area (Å²) in [5, 5.41) is 7.35. The van der Waals surface area contributed by atoms with E-state index < -0.39 is 5.82 Å². The zero-order chi connectivity index (χ0) is 31.2. The Morgan fingerprint density at radius 2 is 1.82 bits per heavy atom. The van der Waals surface area contributed by atoms with Crippen molar-refractivity contribution in [1.29, 1.82) is 0 Å². The van der Waals surface area contributed by atoms with E-state index in [4.69, 9.17) is 18.9 Å². The lowest BCUT2D eigenvalue weighted by Gasteiger charge is -2.32. The van der Waals surface area contributed by atoms with Crippen LogP contribution < -0.4 is 24.8 Å². The molecule has 0 atom stereocenters. The Kier molecular flexibility index (Phi) is 9.20. The number of fused-ring (bicyclic) bond motifs is 1. The number of pyridine rings is 1. The van der Waals surface area contributed by atoms with Gasteiger partial charge in [-0.1, -0.05) is 6.58 Å². The summed E-state index contributed by atoms with van der Waals surface area (Å²) in [7, 11) is 1.60. The van der Waals surface area contributed by atoms with Gasteiger partial charge >= 0.3 is 0 Å². The first-order chi connectivity index (χ1) is 22.0. The molecule has 0 aliphatic carbocycles. The summed E-state index contributed by atoms with van der Waals surface area (Å²) in [6.45, 7) is 6.18. The van der Waals surface area contributed by atoms with Crippen molar-refractivity contribution in [3.63, 3.8) is 0 Å². The first-order valence-corrected chi connectivity index (χ1v) is 14.9. The third kappa shape index (κ3) is 7.23. The molecule has 0 unspecified atom stereocenters. The van der Waals surface area contributed by atoms with Crippen LogP contribution in [0.5, 0.6) is 23.1 Å². The summed E-state index contributed by atoms with van der Waals surface area (Å²) in [6, 6.07) is 11.8. The number of hydrogen-bond donors (Lipinski definition) is 2. The van der Waals surface area contributed by atoms with Gasteiger partial charge in [-0.05, 0) is 43.2 Å². The number of halogens is 1. The molecule has 45 heavy (non-hydrogen) atoms. The van der Waals surface area contributed by atoms with Gasteiger partial charge in [0.1, 0.15) is 41.3 Å². The predicted molar refractivity (Wildman–Crippen MR) is 168 cm³/mol. The monoisotopic (exact) mass is 614 g/mol. The van der Waals surface area contributed by atoms with E-state index in [9.17, 15) is 4.79 Å². The number of aromatic nitrogens is 3. The standard InChI is InChI=1S/C33H35FN6O5/c1-3-32(41)40-12-7-21(8-13-40)38-29-18-25-28(19-30(29)42-2)36-20-37-33(25)39-27-5-4-23(16-26(27)34)44-24-6-11-35-31(17-24)45-22-9-14-43-15-10-22/h3-6,11,16-22,38H,1,7-10,12-15H2,2H3,(H,36,37,39). The van der Waals surface area contributed by atoms with E-state index in [0.29, 0.717) is 66.2 Å². The largest absolute Gasteiger partial charge is 0.495 e. The van der Waals surface area contributed by atoms with Gasteiger partial charge in [-0.3, -0.25) is 4.79 Å².